The molecule has 10 nitrogen and oxygen atoms in total. The van der Waals surface area contributed by atoms with Crippen molar-refractivity contribution < 1.29 is 27.5 Å². The number of fused-ring (bicyclic) bond motifs is 1. The van der Waals surface area contributed by atoms with Crippen molar-refractivity contribution in [2.24, 2.45) is 5.41 Å². The molecular formula is C33H36F3N7O3. The fourth-order valence-corrected chi connectivity index (χ4v) is 5.44. The van der Waals surface area contributed by atoms with Gasteiger partial charge >= 0.3 is 6.18 Å². The van der Waals surface area contributed by atoms with Gasteiger partial charge in [0.05, 0.1) is 30.7 Å². The number of likely N-dealkylation sites (tertiary alicyclic amines) is 1. The van der Waals surface area contributed by atoms with Crippen LogP contribution in [-0.4, -0.2) is 69.9 Å². The average molecular weight is 636 g/mol. The van der Waals surface area contributed by atoms with Crippen LogP contribution in [0, 0.1) is 5.41 Å². The normalized spacial score (nSPS) is 17.3. The molecule has 2 fully saturated rings. The molecule has 6 rings (SSSR count). The lowest BCUT2D eigenvalue weighted by molar-refractivity contribution is -0.137. The molecule has 0 bridgehead atoms. The Balaban J connectivity index is 0.000000624. The third-order valence-electron chi connectivity index (χ3n) is 7.86. The van der Waals surface area contributed by atoms with Crippen molar-refractivity contribution >= 4 is 35.5 Å². The van der Waals surface area contributed by atoms with E-state index in [1.807, 2.05) is 4.40 Å². The molecule has 0 radical (unpaired) electrons. The number of amides is 2. The maximum Gasteiger partial charge on any atom is 0.416 e. The summed E-state index contributed by atoms with van der Waals surface area (Å²) < 4.78 is 46.0. The van der Waals surface area contributed by atoms with E-state index >= 15 is 0 Å². The maximum atomic E-state index is 13.0. The van der Waals surface area contributed by atoms with Gasteiger partial charge in [0.1, 0.15) is 22.9 Å². The second-order valence-corrected chi connectivity index (χ2v) is 12.0. The molecule has 13 heteroatoms. The summed E-state index contributed by atoms with van der Waals surface area (Å²) in [5.41, 5.74) is 2.64. The summed E-state index contributed by atoms with van der Waals surface area (Å²) in [7, 11) is 1.76. The number of benzene rings is 1. The zero-order valence-corrected chi connectivity index (χ0v) is 25.9. The Morgan fingerprint density at radius 1 is 1.15 bits per heavy atom. The molecule has 2 saturated heterocycles. The number of aromatic nitrogens is 4. The Labute approximate surface area is 264 Å². The zero-order chi connectivity index (χ0) is 33.1. The molecule has 2 N–H and O–H groups in total. The largest absolute Gasteiger partial charge is 0.416 e. The smallest absolute Gasteiger partial charge is 0.380 e. The van der Waals surface area contributed by atoms with Crippen LogP contribution in [0.5, 0.6) is 0 Å². The number of pyridine rings is 1. The van der Waals surface area contributed by atoms with E-state index in [0.29, 0.717) is 35.6 Å². The summed E-state index contributed by atoms with van der Waals surface area (Å²) in [6, 6.07) is 8.21. The SMILES string of the molecule is C=Cc1cnc(NC)c2c(-c3ccc(C(=O)Nc4cc(C(F)(F)F)ccn4)cc3)nc(C3CCCN(C=O)C3)n12.CC1(C)COC1. The second-order valence-electron chi connectivity index (χ2n) is 12.0. The van der Waals surface area contributed by atoms with Crippen LogP contribution in [0.3, 0.4) is 0 Å². The van der Waals surface area contributed by atoms with Gasteiger partial charge in [-0.15, -0.1) is 0 Å². The molecule has 1 atom stereocenters. The number of imidazole rings is 1. The van der Waals surface area contributed by atoms with Crippen molar-refractivity contribution in [3.8, 4) is 11.3 Å². The minimum absolute atomic E-state index is 0.00369. The van der Waals surface area contributed by atoms with Crippen LogP contribution in [0.15, 0.2) is 55.4 Å². The monoisotopic (exact) mass is 635 g/mol. The van der Waals surface area contributed by atoms with Gasteiger partial charge in [0.15, 0.2) is 5.82 Å². The predicted molar refractivity (Wildman–Crippen MR) is 169 cm³/mol. The van der Waals surface area contributed by atoms with Crippen LogP contribution in [0.2, 0.25) is 0 Å². The quantitative estimate of drug-likeness (QED) is 0.235. The van der Waals surface area contributed by atoms with E-state index in [2.05, 4.69) is 41.0 Å². The number of halogens is 3. The van der Waals surface area contributed by atoms with Crippen molar-refractivity contribution in [2.45, 2.75) is 38.8 Å². The molecule has 2 amide bonds. The van der Waals surface area contributed by atoms with E-state index in [9.17, 15) is 22.8 Å². The van der Waals surface area contributed by atoms with Crippen molar-refractivity contribution in [3.63, 3.8) is 0 Å². The Hall–Kier alpha value is -4.78. The molecule has 1 unspecified atom stereocenters. The van der Waals surface area contributed by atoms with E-state index in [4.69, 9.17) is 9.72 Å². The maximum absolute atomic E-state index is 13.0. The fraction of sp³-hybridized carbons (Fsp3) is 0.364. The minimum atomic E-state index is -4.55. The van der Waals surface area contributed by atoms with Gasteiger partial charge in [0.2, 0.25) is 6.41 Å². The zero-order valence-electron chi connectivity index (χ0n) is 25.9. The molecule has 46 heavy (non-hydrogen) atoms. The minimum Gasteiger partial charge on any atom is -0.380 e. The number of carbonyl (C=O) groups excluding carboxylic acids is 2. The standard InChI is InChI=1S/C28H26F3N7O2.C5H10O/c1-3-21-14-34-25(32-2)24-23(36-26(38(21)24)19-5-4-12-37(15-19)16-39)17-6-8-18(9-7-17)27(40)35-22-13-20(10-11-33-22)28(29,30)31;1-5(2)3-6-4-5/h3,6-11,13-14,16,19H,1,4-5,12,15H2,2H3,(H,32,34)(H,33,35,40);3-4H2,1-2H3. The highest BCUT2D eigenvalue weighted by Crippen LogP contribution is 2.36. The number of ether oxygens (including phenoxy) is 1. The number of anilines is 2. The third-order valence-corrected chi connectivity index (χ3v) is 7.86. The van der Waals surface area contributed by atoms with Crippen molar-refractivity contribution in [2.75, 3.05) is 44.0 Å². The van der Waals surface area contributed by atoms with Crippen molar-refractivity contribution in [3.05, 3.63) is 78.0 Å². The second kappa shape index (κ2) is 13.3. The van der Waals surface area contributed by atoms with Crippen LogP contribution in [-0.2, 0) is 15.7 Å². The number of rotatable bonds is 7. The first-order chi connectivity index (χ1) is 21.9. The van der Waals surface area contributed by atoms with Gasteiger partial charge in [-0.3, -0.25) is 14.0 Å². The molecule has 0 aliphatic carbocycles. The number of alkyl halides is 3. The Bertz CT molecular complexity index is 1730. The average Bonchev–Trinajstić information content (AvgIpc) is 3.45. The van der Waals surface area contributed by atoms with Crippen LogP contribution < -0.4 is 10.6 Å². The summed E-state index contributed by atoms with van der Waals surface area (Å²) in [4.78, 5) is 39.4. The molecule has 0 spiro atoms. The first-order valence-electron chi connectivity index (χ1n) is 14.9. The highest BCUT2D eigenvalue weighted by Gasteiger charge is 2.31. The highest BCUT2D eigenvalue weighted by molar-refractivity contribution is 6.04. The molecule has 1 aromatic carbocycles. The van der Waals surface area contributed by atoms with Crippen LogP contribution >= 0.6 is 0 Å². The predicted octanol–water partition coefficient (Wildman–Crippen LogP) is 6.13. The number of hydrogen-bond donors (Lipinski definition) is 2. The van der Waals surface area contributed by atoms with Gasteiger partial charge < -0.3 is 20.3 Å². The van der Waals surface area contributed by atoms with E-state index in [1.54, 1.807) is 48.5 Å². The van der Waals surface area contributed by atoms with Crippen LogP contribution in [0.1, 0.15) is 60.0 Å². The molecule has 3 aromatic heterocycles. The van der Waals surface area contributed by atoms with Gasteiger partial charge in [-0.25, -0.2) is 15.0 Å². The Morgan fingerprint density at radius 3 is 2.46 bits per heavy atom. The van der Waals surface area contributed by atoms with E-state index in [0.717, 1.165) is 67.8 Å². The lowest BCUT2D eigenvalue weighted by Crippen LogP contribution is -2.36. The molecule has 2 aliphatic rings. The first kappa shape index (κ1) is 32.6. The van der Waals surface area contributed by atoms with E-state index < -0.39 is 17.6 Å². The number of piperidine rings is 1. The lowest BCUT2D eigenvalue weighted by atomic mass is 9.92. The van der Waals surface area contributed by atoms with Crippen molar-refractivity contribution in [1.29, 1.82) is 0 Å². The van der Waals surface area contributed by atoms with E-state index in [-0.39, 0.29) is 17.3 Å². The summed E-state index contributed by atoms with van der Waals surface area (Å²) in [5, 5.41) is 5.53. The number of hydrogen-bond acceptors (Lipinski definition) is 7. The van der Waals surface area contributed by atoms with Gasteiger partial charge in [-0.2, -0.15) is 13.2 Å². The summed E-state index contributed by atoms with van der Waals surface area (Å²) in [5.74, 6) is 0.572. The number of nitrogens with one attached hydrogen (secondary N) is 2. The molecule has 242 valence electrons. The van der Waals surface area contributed by atoms with E-state index in [1.165, 1.54) is 0 Å². The molecule has 0 saturated carbocycles. The fourth-order valence-electron chi connectivity index (χ4n) is 5.44. The molecule has 4 aromatic rings. The topological polar surface area (TPSA) is 114 Å². The van der Waals surface area contributed by atoms with Crippen LogP contribution in [0.4, 0.5) is 24.8 Å². The Kier molecular flexibility index (Phi) is 9.42. The van der Waals surface area contributed by atoms with Crippen LogP contribution in [0.25, 0.3) is 22.9 Å². The molecular weight excluding hydrogens is 599 g/mol. The van der Waals surface area contributed by atoms with Gasteiger partial charge in [-0.1, -0.05) is 32.6 Å². The van der Waals surface area contributed by atoms with Gasteiger partial charge in [0, 0.05) is 48.8 Å². The third kappa shape index (κ3) is 7.04. The van der Waals surface area contributed by atoms with Crippen molar-refractivity contribution in [1.82, 2.24) is 24.3 Å². The number of nitrogens with zero attached hydrogens (tertiary/aromatic N) is 5. The summed E-state index contributed by atoms with van der Waals surface area (Å²) in [6.45, 7) is 11.5. The lowest BCUT2D eigenvalue weighted by Gasteiger charge is -2.33. The van der Waals surface area contributed by atoms with Gasteiger partial charge in [0.25, 0.3) is 5.91 Å². The van der Waals surface area contributed by atoms with Gasteiger partial charge in [-0.05, 0) is 43.2 Å². The first-order valence-corrected chi connectivity index (χ1v) is 14.9. The molecule has 2 aliphatic heterocycles. The Morgan fingerprint density at radius 2 is 1.87 bits per heavy atom. The summed E-state index contributed by atoms with van der Waals surface area (Å²) >= 11 is 0. The molecule has 5 heterocycles. The summed E-state index contributed by atoms with van der Waals surface area (Å²) in [6.07, 6.45) is 2.42. The number of carbonyl (C=O) groups is 2. The highest BCUT2D eigenvalue weighted by atomic mass is 19.4.